The smallest absolute Gasteiger partial charge is 0.335 e. The van der Waals surface area contributed by atoms with Crippen molar-refractivity contribution in [1.29, 1.82) is 0 Å². The fourth-order valence-corrected chi connectivity index (χ4v) is 2.61. The van der Waals surface area contributed by atoms with Gasteiger partial charge in [-0.25, -0.2) is 9.18 Å². The zero-order valence-corrected chi connectivity index (χ0v) is 12.5. The predicted octanol–water partition coefficient (Wildman–Crippen LogP) is 4.90. The Hall–Kier alpha value is -2.88. The van der Waals surface area contributed by atoms with Crippen LogP contribution in [0.2, 0.25) is 0 Å². The summed E-state index contributed by atoms with van der Waals surface area (Å²) in [4.78, 5) is 11.2. The molecule has 0 aliphatic heterocycles. The number of carbonyl (C=O) groups is 1. The average molecular weight is 310 g/mol. The Morgan fingerprint density at radius 3 is 2.52 bits per heavy atom. The minimum atomic E-state index is -1.43. The lowest BCUT2D eigenvalue weighted by Gasteiger charge is -2.14. The molecule has 0 saturated heterocycles. The molecule has 0 amide bonds. The number of halogens is 1. The second kappa shape index (κ2) is 6.08. The fraction of sp³-hybridized carbons (Fsp3) is 0.105. The van der Waals surface area contributed by atoms with Crippen molar-refractivity contribution in [2.45, 2.75) is 13.3 Å². The Kier molecular flexibility index (Phi) is 3.98. The van der Waals surface area contributed by atoms with E-state index < -0.39 is 12.3 Å². The highest BCUT2D eigenvalue weighted by Crippen LogP contribution is 2.35. The second-order valence-corrected chi connectivity index (χ2v) is 5.20. The van der Waals surface area contributed by atoms with Crippen molar-refractivity contribution in [2.24, 2.45) is 0 Å². The maximum Gasteiger partial charge on any atom is 0.335 e. The first-order valence-corrected chi connectivity index (χ1v) is 7.22. The van der Waals surface area contributed by atoms with Crippen LogP contribution in [0.5, 0.6) is 5.75 Å². The first kappa shape index (κ1) is 15.0. The monoisotopic (exact) mass is 310 g/mol. The average Bonchev–Trinajstić information content (AvgIpc) is 2.54. The lowest BCUT2D eigenvalue weighted by molar-refractivity contribution is 0.0697. The van der Waals surface area contributed by atoms with Gasteiger partial charge in [-0.2, -0.15) is 0 Å². The minimum absolute atomic E-state index is 0.210. The van der Waals surface area contributed by atoms with Crippen LogP contribution in [0.4, 0.5) is 4.39 Å². The number of para-hydroxylation sites is 1. The van der Waals surface area contributed by atoms with Crippen molar-refractivity contribution in [2.75, 3.05) is 0 Å². The molecule has 116 valence electrons. The van der Waals surface area contributed by atoms with Gasteiger partial charge in [-0.05, 0) is 34.5 Å². The summed E-state index contributed by atoms with van der Waals surface area (Å²) >= 11 is 0. The zero-order valence-electron chi connectivity index (χ0n) is 12.5. The summed E-state index contributed by atoms with van der Waals surface area (Å²) in [5, 5.41) is 10.9. The molecule has 0 spiro atoms. The third-order valence-electron chi connectivity index (χ3n) is 3.60. The molecule has 3 rings (SSSR count). The van der Waals surface area contributed by atoms with Gasteiger partial charge in [0.15, 0.2) is 0 Å². The number of hydrogen-bond acceptors (Lipinski definition) is 2. The van der Waals surface area contributed by atoms with Crippen LogP contribution in [-0.4, -0.2) is 17.4 Å². The highest BCUT2D eigenvalue weighted by molar-refractivity contribution is 6.02. The van der Waals surface area contributed by atoms with E-state index in [1.807, 2.05) is 30.3 Å². The first-order valence-electron chi connectivity index (χ1n) is 7.22. The van der Waals surface area contributed by atoms with Crippen LogP contribution >= 0.6 is 0 Å². The summed E-state index contributed by atoms with van der Waals surface area (Å²) in [7, 11) is 0. The molecule has 0 heterocycles. The largest absolute Gasteiger partial charge is 0.478 e. The van der Waals surface area contributed by atoms with E-state index in [0.29, 0.717) is 5.75 Å². The number of alkyl halides is 1. The lowest BCUT2D eigenvalue weighted by Crippen LogP contribution is -2.04. The van der Waals surface area contributed by atoms with Crippen LogP contribution in [0, 0.1) is 0 Å². The van der Waals surface area contributed by atoms with Gasteiger partial charge in [0.25, 0.3) is 0 Å². The van der Waals surface area contributed by atoms with Crippen molar-refractivity contribution >= 4 is 16.7 Å². The van der Waals surface area contributed by atoms with Crippen LogP contribution in [0.3, 0.4) is 0 Å². The standard InChI is InChI=1S/C19H15FO3/c1-12(20)23-18-8-3-2-6-16(18)15-7-4-5-13-9-10-14(19(21)22)11-17(13)15/h2-12H,1H3,(H,21,22). The molecule has 1 atom stereocenters. The molecule has 0 aliphatic carbocycles. The SMILES string of the molecule is CC(F)Oc1ccccc1-c1cccc2ccc(C(=O)O)cc12. The van der Waals surface area contributed by atoms with Crippen LogP contribution in [0.25, 0.3) is 21.9 Å². The van der Waals surface area contributed by atoms with Crippen molar-refractivity contribution < 1.29 is 19.0 Å². The fourth-order valence-electron chi connectivity index (χ4n) is 2.61. The van der Waals surface area contributed by atoms with E-state index in [4.69, 9.17) is 4.74 Å². The molecule has 1 unspecified atom stereocenters. The molecule has 4 heteroatoms. The third kappa shape index (κ3) is 3.01. The molecule has 1 N–H and O–H groups in total. The van der Waals surface area contributed by atoms with E-state index in [1.165, 1.54) is 6.92 Å². The number of benzene rings is 3. The summed E-state index contributed by atoms with van der Waals surface area (Å²) in [5.74, 6) is -0.556. The van der Waals surface area contributed by atoms with Gasteiger partial charge in [0, 0.05) is 12.5 Å². The van der Waals surface area contributed by atoms with E-state index in [0.717, 1.165) is 21.9 Å². The molecule has 0 aliphatic rings. The van der Waals surface area contributed by atoms with Gasteiger partial charge < -0.3 is 9.84 Å². The quantitative estimate of drug-likeness (QED) is 0.745. The van der Waals surface area contributed by atoms with Gasteiger partial charge >= 0.3 is 5.97 Å². The van der Waals surface area contributed by atoms with Crippen molar-refractivity contribution in [3.63, 3.8) is 0 Å². The number of aromatic carboxylic acids is 1. The van der Waals surface area contributed by atoms with Crippen LogP contribution in [0.15, 0.2) is 60.7 Å². The number of hydrogen-bond donors (Lipinski definition) is 1. The van der Waals surface area contributed by atoms with Gasteiger partial charge in [0.1, 0.15) is 5.75 Å². The minimum Gasteiger partial charge on any atom is -0.478 e. The molecule has 3 nitrogen and oxygen atoms in total. The molecule has 3 aromatic rings. The third-order valence-corrected chi connectivity index (χ3v) is 3.60. The van der Waals surface area contributed by atoms with Gasteiger partial charge in [-0.15, -0.1) is 0 Å². The topological polar surface area (TPSA) is 46.5 Å². The number of ether oxygens (including phenoxy) is 1. The van der Waals surface area contributed by atoms with E-state index >= 15 is 0 Å². The lowest BCUT2D eigenvalue weighted by atomic mass is 9.96. The normalized spacial score (nSPS) is 12.1. The number of fused-ring (bicyclic) bond motifs is 1. The van der Waals surface area contributed by atoms with Crippen LogP contribution in [0.1, 0.15) is 17.3 Å². The van der Waals surface area contributed by atoms with Gasteiger partial charge in [0.2, 0.25) is 6.36 Å². The summed E-state index contributed by atoms with van der Waals surface area (Å²) in [6, 6.07) is 17.8. The summed E-state index contributed by atoms with van der Waals surface area (Å²) in [6.45, 7) is 1.32. The van der Waals surface area contributed by atoms with E-state index in [2.05, 4.69) is 0 Å². The zero-order chi connectivity index (χ0) is 16.4. The molecule has 0 aromatic heterocycles. The number of rotatable bonds is 4. The molecule has 0 bridgehead atoms. The molecule has 0 radical (unpaired) electrons. The highest BCUT2D eigenvalue weighted by Gasteiger charge is 2.13. The van der Waals surface area contributed by atoms with Crippen LogP contribution < -0.4 is 4.74 Å². The predicted molar refractivity (Wildman–Crippen MR) is 87.5 cm³/mol. The Bertz CT molecular complexity index is 871. The summed E-state index contributed by atoms with van der Waals surface area (Å²) in [6.07, 6.45) is -1.43. The Labute approximate surface area is 132 Å². The van der Waals surface area contributed by atoms with E-state index in [9.17, 15) is 14.3 Å². The van der Waals surface area contributed by atoms with Gasteiger partial charge in [0.05, 0.1) is 5.56 Å². The Morgan fingerprint density at radius 1 is 1.04 bits per heavy atom. The molecular weight excluding hydrogens is 295 g/mol. The van der Waals surface area contributed by atoms with E-state index in [1.54, 1.807) is 30.3 Å². The van der Waals surface area contributed by atoms with Gasteiger partial charge in [-0.3, -0.25) is 0 Å². The molecule has 0 saturated carbocycles. The first-order chi connectivity index (χ1) is 11.1. The second-order valence-electron chi connectivity index (χ2n) is 5.20. The number of carboxylic acid groups (broad SMARTS) is 1. The maximum absolute atomic E-state index is 13.3. The summed E-state index contributed by atoms with van der Waals surface area (Å²) < 4.78 is 18.5. The number of carboxylic acids is 1. The Balaban J connectivity index is 2.24. The molecular formula is C19H15FO3. The van der Waals surface area contributed by atoms with Crippen LogP contribution in [-0.2, 0) is 0 Å². The van der Waals surface area contributed by atoms with Crippen molar-refractivity contribution in [3.8, 4) is 16.9 Å². The van der Waals surface area contributed by atoms with Crippen molar-refractivity contribution in [1.82, 2.24) is 0 Å². The van der Waals surface area contributed by atoms with Crippen molar-refractivity contribution in [3.05, 3.63) is 66.2 Å². The van der Waals surface area contributed by atoms with Gasteiger partial charge in [-0.1, -0.05) is 42.5 Å². The maximum atomic E-state index is 13.3. The highest BCUT2D eigenvalue weighted by atomic mass is 19.1. The Morgan fingerprint density at radius 2 is 1.78 bits per heavy atom. The molecule has 23 heavy (non-hydrogen) atoms. The molecule has 3 aromatic carbocycles. The summed E-state index contributed by atoms with van der Waals surface area (Å²) in [5.41, 5.74) is 1.74. The molecule has 0 fully saturated rings. The van der Waals surface area contributed by atoms with E-state index in [-0.39, 0.29) is 5.56 Å².